The minimum atomic E-state index is -0.344. The van der Waals surface area contributed by atoms with Crippen molar-refractivity contribution >= 4 is 6.09 Å². The van der Waals surface area contributed by atoms with Gasteiger partial charge in [0.05, 0.1) is 0 Å². The second kappa shape index (κ2) is 5.51. The Hall–Kier alpha value is -1.55. The molecule has 1 aromatic carbocycles. The van der Waals surface area contributed by atoms with Gasteiger partial charge in [0.2, 0.25) is 0 Å². The third kappa shape index (κ3) is 2.97. The Bertz CT molecular complexity index is 334. The fourth-order valence-corrected chi connectivity index (χ4v) is 1.58. The molecular weight excluding hydrogens is 204 g/mol. The van der Waals surface area contributed by atoms with Gasteiger partial charge in [0.25, 0.3) is 0 Å². The van der Waals surface area contributed by atoms with Crippen LogP contribution in [0.2, 0.25) is 0 Å². The molecule has 0 spiro atoms. The average molecular weight is 219 g/mol. The van der Waals surface area contributed by atoms with Crippen molar-refractivity contribution in [2.24, 2.45) is 0 Å². The summed E-state index contributed by atoms with van der Waals surface area (Å²) >= 11 is 0. The molecular formula is C12H15N2O2. The molecule has 0 aliphatic carbocycles. The van der Waals surface area contributed by atoms with Crippen molar-refractivity contribution in [1.82, 2.24) is 10.4 Å². The minimum Gasteiger partial charge on any atom is -0.444 e. The highest BCUT2D eigenvalue weighted by Gasteiger charge is 2.18. The molecule has 0 N–H and O–H groups in total. The largest absolute Gasteiger partial charge is 0.444 e. The Morgan fingerprint density at radius 2 is 2.12 bits per heavy atom. The van der Waals surface area contributed by atoms with Gasteiger partial charge in [0, 0.05) is 13.1 Å². The molecule has 4 heteroatoms. The maximum Gasteiger partial charge on any atom is 0.425 e. The van der Waals surface area contributed by atoms with E-state index in [-0.39, 0.29) is 6.09 Å². The van der Waals surface area contributed by atoms with Crippen LogP contribution in [-0.4, -0.2) is 24.2 Å². The van der Waals surface area contributed by atoms with Crippen molar-refractivity contribution in [2.45, 2.75) is 19.4 Å². The number of benzene rings is 1. The van der Waals surface area contributed by atoms with Gasteiger partial charge in [-0.25, -0.2) is 9.80 Å². The van der Waals surface area contributed by atoms with Gasteiger partial charge in [-0.3, -0.25) is 0 Å². The smallest absolute Gasteiger partial charge is 0.425 e. The highest BCUT2D eigenvalue weighted by Crippen LogP contribution is 2.06. The third-order valence-corrected chi connectivity index (χ3v) is 2.46. The molecule has 1 aliphatic heterocycles. The maximum absolute atomic E-state index is 11.6. The summed E-state index contributed by atoms with van der Waals surface area (Å²) in [5.74, 6) is 0. The first-order valence-corrected chi connectivity index (χ1v) is 5.52. The van der Waals surface area contributed by atoms with Crippen LogP contribution in [0, 0.1) is 0 Å². The predicted octanol–water partition coefficient (Wildman–Crippen LogP) is 1.94. The summed E-state index contributed by atoms with van der Waals surface area (Å²) in [6, 6.07) is 9.65. The van der Waals surface area contributed by atoms with Crippen molar-refractivity contribution in [2.75, 3.05) is 13.1 Å². The molecule has 0 bridgehead atoms. The Kier molecular flexibility index (Phi) is 3.77. The Morgan fingerprint density at radius 3 is 2.81 bits per heavy atom. The van der Waals surface area contributed by atoms with Crippen LogP contribution in [0.25, 0.3) is 0 Å². The Labute approximate surface area is 95.2 Å². The normalized spacial score (nSPS) is 15.9. The van der Waals surface area contributed by atoms with E-state index < -0.39 is 0 Å². The van der Waals surface area contributed by atoms with Gasteiger partial charge in [0.15, 0.2) is 0 Å². The standard InChI is InChI=1S/C12H15N2O2/c15-12(14-9-5-4-8-13-14)16-10-11-6-2-1-3-7-11/h1-3,6-7H,4-5,8-10H2. The van der Waals surface area contributed by atoms with E-state index in [0.29, 0.717) is 13.2 Å². The minimum absolute atomic E-state index is 0.311. The fourth-order valence-electron chi connectivity index (χ4n) is 1.58. The molecule has 1 amide bonds. The SMILES string of the molecule is O=C(OCc1ccccc1)N1CCCC[N]1. The first-order chi connectivity index (χ1) is 7.86. The van der Waals surface area contributed by atoms with Gasteiger partial charge >= 0.3 is 6.09 Å². The molecule has 1 fully saturated rings. The summed E-state index contributed by atoms with van der Waals surface area (Å²) in [6.45, 7) is 1.71. The topological polar surface area (TPSA) is 43.6 Å². The van der Waals surface area contributed by atoms with E-state index in [4.69, 9.17) is 4.74 Å². The predicted molar refractivity (Wildman–Crippen MR) is 59.6 cm³/mol. The van der Waals surface area contributed by atoms with Crippen molar-refractivity contribution in [3.63, 3.8) is 0 Å². The summed E-state index contributed by atoms with van der Waals surface area (Å²) in [4.78, 5) is 11.6. The van der Waals surface area contributed by atoms with Crippen LogP contribution in [0.4, 0.5) is 4.79 Å². The van der Waals surface area contributed by atoms with Crippen LogP contribution in [0.3, 0.4) is 0 Å². The van der Waals surface area contributed by atoms with Crippen molar-refractivity contribution < 1.29 is 9.53 Å². The zero-order chi connectivity index (χ0) is 11.2. The number of hydrogen-bond acceptors (Lipinski definition) is 2. The number of hydrogen-bond donors (Lipinski definition) is 0. The van der Waals surface area contributed by atoms with Gasteiger partial charge in [-0.05, 0) is 18.4 Å². The molecule has 1 aromatic rings. The van der Waals surface area contributed by atoms with Crippen LogP contribution < -0.4 is 5.43 Å². The van der Waals surface area contributed by atoms with Crippen LogP contribution >= 0.6 is 0 Å². The third-order valence-electron chi connectivity index (χ3n) is 2.46. The Balaban J connectivity index is 1.79. The Morgan fingerprint density at radius 1 is 1.31 bits per heavy atom. The lowest BCUT2D eigenvalue weighted by atomic mass is 10.2. The summed E-state index contributed by atoms with van der Waals surface area (Å²) in [6.07, 6.45) is 1.72. The lowest BCUT2D eigenvalue weighted by Crippen LogP contribution is -2.42. The van der Waals surface area contributed by atoms with Gasteiger partial charge in [-0.2, -0.15) is 0 Å². The van der Waals surface area contributed by atoms with E-state index in [9.17, 15) is 4.79 Å². The van der Waals surface area contributed by atoms with Crippen molar-refractivity contribution in [1.29, 1.82) is 0 Å². The molecule has 85 valence electrons. The molecule has 1 saturated heterocycles. The van der Waals surface area contributed by atoms with E-state index in [1.807, 2.05) is 30.3 Å². The lowest BCUT2D eigenvalue weighted by molar-refractivity contribution is 0.0653. The van der Waals surface area contributed by atoms with Crippen LogP contribution in [0.1, 0.15) is 18.4 Å². The molecule has 1 aliphatic rings. The number of rotatable bonds is 2. The van der Waals surface area contributed by atoms with Gasteiger partial charge in [-0.1, -0.05) is 30.3 Å². The summed E-state index contributed by atoms with van der Waals surface area (Å²) in [7, 11) is 0. The molecule has 1 radical (unpaired) electrons. The fraction of sp³-hybridized carbons (Fsp3) is 0.417. The van der Waals surface area contributed by atoms with E-state index in [0.717, 1.165) is 24.9 Å². The van der Waals surface area contributed by atoms with E-state index in [2.05, 4.69) is 5.43 Å². The number of carbonyl (C=O) groups is 1. The zero-order valence-corrected chi connectivity index (χ0v) is 9.13. The molecule has 0 saturated carbocycles. The first kappa shape index (κ1) is 11.0. The van der Waals surface area contributed by atoms with Crippen molar-refractivity contribution in [3.05, 3.63) is 35.9 Å². The van der Waals surface area contributed by atoms with Gasteiger partial charge in [-0.15, -0.1) is 5.43 Å². The van der Waals surface area contributed by atoms with Crippen LogP contribution in [-0.2, 0) is 11.3 Å². The van der Waals surface area contributed by atoms with E-state index >= 15 is 0 Å². The second-order valence-electron chi connectivity index (χ2n) is 3.74. The number of amides is 1. The van der Waals surface area contributed by atoms with Crippen molar-refractivity contribution in [3.8, 4) is 0 Å². The average Bonchev–Trinajstić information content (AvgIpc) is 2.38. The molecule has 0 aromatic heterocycles. The molecule has 2 rings (SSSR count). The lowest BCUT2D eigenvalue weighted by Gasteiger charge is -2.24. The number of nitrogens with zero attached hydrogens (tertiary/aromatic N) is 2. The number of ether oxygens (including phenoxy) is 1. The van der Waals surface area contributed by atoms with E-state index in [1.165, 1.54) is 5.01 Å². The monoisotopic (exact) mass is 219 g/mol. The number of carbonyl (C=O) groups excluding carboxylic acids is 1. The van der Waals surface area contributed by atoms with Gasteiger partial charge in [0.1, 0.15) is 6.61 Å². The van der Waals surface area contributed by atoms with Crippen LogP contribution in [0.5, 0.6) is 0 Å². The molecule has 1 heterocycles. The second-order valence-corrected chi connectivity index (χ2v) is 3.74. The highest BCUT2D eigenvalue weighted by molar-refractivity contribution is 5.67. The highest BCUT2D eigenvalue weighted by atomic mass is 16.6. The molecule has 0 atom stereocenters. The van der Waals surface area contributed by atoms with E-state index in [1.54, 1.807) is 0 Å². The summed E-state index contributed by atoms with van der Waals surface area (Å²) in [5.41, 5.74) is 5.09. The zero-order valence-electron chi connectivity index (χ0n) is 9.13. The molecule has 0 unspecified atom stereocenters. The van der Waals surface area contributed by atoms with Gasteiger partial charge < -0.3 is 4.74 Å². The van der Waals surface area contributed by atoms with Crippen LogP contribution in [0.15, 0.2) is 30.3 Å². The first-order valence-electron chi connectivity index (χ1n) is 5.52. The maximum atomic E-state index is 11.6. The molecule has 16 heavy (non-hydrogen) atoms. The quantitative estimate of drug-likeness (QED) is 0.763. The molecule has 4 nitrogen and oxygen atoms in total. The summed E-state index contributed by atoms with van der Waals surface area (Å²) < 4.78 is 5.16. The summed E-state index contributed by atoms with van der Waals surface area (Å²) in [5, 5.41) is 1.42.